The maximum Gasteiger partial charge on any atom is 0.252 e. The number of aromatic nitrogens is 1. The van der Waals surface area contributed by atoms with Crippen molar-refractivity contribution in [1.29, 1.82) is 0 Å². The zero-order chi connectivity index (χ0) is 26.4. The van der Waals surface area contributed by atoms with Crippen LogP contribution in [0.2, 0.25) is 0 Å². The van der Waals surface area contributed by atoms with E-state index in [2.05, 4.69) is 16.5 Å². The van der Waals surface area contributed by atoms with Crippen molar-refractivity contribution in [2.24, 2.45) is 11.1 Å². The lowest BCUT2D eigenvalue weighted by molar-refractivity contribution is 0.1000. The molecule has 4 aromatic rings. The number of hydrogen-bond donors (Lipinski definition) is 1. The summed E-state index contributed by atoms with van der Waals surface area (Å²) in [5, 5.41) is 1.45. The number of nitrogens with two attached hydrogens (primary N) is 1. The van der Waals surface area contributed by atoms with Gasteiger partial charge in [0, 0.05) is 54.2 Å². The third-order valence-corrected chi connectivity index (χ3v) is 7.72. The van der Waals surface area contributed by atoms with Gasteiger partial charge in [0.15, 0.2) is 11.5 Å². The molecule has 1 aliphatic heterocycles. The van der Waals surface area contributed by atoms with Crippen LogP contribution in [0.5, 0.6) is 23.0 Å². The Morgan fingerprint density at radius 3 is 2.74 bits per heavy atom. The summed E-state index contributed by atoms with van der Waals surface area (Å²) >= 11 is 0. The molecule has 0 radical (unpaired) electrons. The summed E-state index contributed by atoms with van der Waals surface area (Å²) in [5.74, 6) is 2.40. The molecule has 2 N–H and O–H groups in total. The van der Waals surface area contributed by atoms with Crippen molar-refractivity contribution in [3.63, 3.8) is 0 Å². The highest BCUT2D eigenvalue weighted by Crippen LogP contribution is 2.55. The molecule has 2 fully saturated rings. The van der Waals surface area contributed by atoms with Gasteiger partial charge in [-0.15, -0.1) is 0 Å². The first-order valence-corrected chi connectivity index (χ1v) is 12.9. The van der Waals surface area contributed by atoms with Crippen LogP contribution in [0, 0.1) is 12.3 Å². The lowest BCUT2D eigenvalue weighted by Crippen LogP contribution is -2.23. The number of rotatable bonds is 9. The van der Waals surface area contributed by atoms with E-state index >= 15 is 0 Å². The summed E-state index contributed by atoms with van der Waals surface area (Å²) in [6.45, 7) is 9.72. The maximum atomic E-state index is 11.8. The first-order chi connectivity index (χ1) is 18.4. The zero-order valence-corrected chi connectivity index (χ0v) is 21.7. The largest absolute Gasteiger partial charge is 0.493 e. The Balaban J connectivity index is 1.18. The summed E-state index contributed by atoms with van der Waals surface area (Å²) < 4.78 is 23.7. The van der Waals surface area contributed by atoms with E-state index in [1.54, 1.807) is 44.5 Å². The number of carbonyl (C=O) groups excluding carboxylic acids is 1. The number of hydrogen-bond acceptors (Lipinski definition) is 7. The van der Waals surface area contributed by atoms with Crippen molar-refractivity contribution >= 4 is 27.8 Å². The number of ether oxygens (including phenoxy) is 3. The van der Waals surface area contributed by atoms with E-state index in [-0.39, 0.29) is 0 Å². The van der Waals surface area contributed by atoms with Crippen LogP contribution in [0.4, 0.5) is 0 Å². The highest BCUT2D eigenvalue weighted by atomic mass is 16.5. The minimum Gasteiger partial charge on any atom is -0.493 e. The number of amides is 1. The molecule has 2 aliphatic rings. The van der Waals surface area contributed by atoms with Gasteiger partial charge in [-0.3, -0.25) is 14.7 Å². The van der Waals surface area contributed by atoms with Crippen LogP contribution in [0.25, 0.3) is 21.9 Å². The van der Waals surface area contributed by atoms with Crippen molar-refractivity contribution in [2.45, 2.75) is 26.2 Å². The molecule has 1 spiro atoms. The van der Waals surface area contributed by atoms with Crippen LogP contribution in [0.3, 0.4) is 0 Å². The average molecular weight is 514 g/mol. The Bertz CT molecular complexity index is 1570. The average Bonchev–Trinajstić information content (AvgIpc) is 3.50. The highest BCUT2D eigenvalue weighted by Gasteiger charge is 2.50. The van der Waals surface area contributed by atoms with Crippen LogP contribution in [0.1, 0.15) is 35.4 Å². The molecule has 1 aliphatic carbocycles. The number of fused-ring (bicyclic) bond motifs is 2. The molecule has 6 rings (SSSR count). The molecule has 0 unspecified atom stereocenters. The summed E-state index contributed by atoms with van der Waals surface area (Å²) in [7, 11) is 1.62. The predicted molar refractivity (Wildman–Crippen MR) is 145 cm³/mol. The predicted octanol–water partition coefficient (Wildman–Crippen LogP) is 5.61. The van der Waals surface area contributed by atoms with Gasteiger partial charge in [-0.1, -0.05) is 12.2 Å². The molecule has 196 valence electrons. The third kappa shape index (κ3) is 4.35. The van der Waals surface area contributed by atoms with Gasteiger partial charge in [-0.2, -0.15) is 0 Å². The number of nitrogens with zero attached hydrogens (tertiary/aromatic N) is 2. The smallest absolute Gasteiger partial charge is 0.252 e. The molecule has 1 saturated heterocycles. The second-order valence-corrected chi connectivity index (χ2v) is 10.3. The Labute approximate surface area is 221 Å². The third-order valence-electron chi connectivity index (χ3n) is 7.72. The van der Waals surface area contributed by atoms with E-state index in [0.717, 1.165) is 37.0 Å². The number of pyridine rings is 1. The SMILES string of the molecule is C=C1CN(CCCOc2cc3nccc(Oc4ccc5c(C(N)=O)c(C)oc5c4)c3cc2OC)CC12CC2. The molecule has 1 amide bonds. The second-order valence-electron chi connectivity index (χ2n) is 10.3. The van der Waals surface area contributed by atoms with Gasteiger partial charge in [0.2, 0.25) is 0 Å². The fraction of sp³-hybridized carbons (Fsp3) is 0.333. The first-order valence-electron chi connectivity index (χ1n) is 12.9. The Morgan fingerprint density at radius 1 is 1.16 bits per heavy atom. The van der Waals surface area contributed by atoms with Gasteiger partial charge < -0.3 is 24.4 Å². The lowest BCUT2D eigenvalue weighted by Gasteiger charge is -2.16. The van der Waals surface area contributed by atoms with Crippen molar-refractivity contribution in [2.75, 3.05) is 33.4 Å². The normalized spacial score (nSPS) is 16.4. The van der Waals surface area contributed by atoms with Gasteiger partial charge in [0.05, 0.1) is 24.8 Å². The molecular weight excluding hydrogens is 482 g/mol. The number of furan rings is 1. The van der Waals surface area contributed by atoms with E-state index in [1.807, 2.05) is 12.1 Å². The standard InChI is InChI=1S/C30H31N3O5/c1-18-16-33(17-30(18)8-9-30)11-4-12-36-27-15-23-22(14-26(27)35-3)24(7-10-32-23)38-20-5-6-21-25(13-20)37-19(2)28(21)29(31)34/h5-7,10,13-15H,1,4,8-9,11-12,16-17H2,2-3H3,(H2,31,34). The fourth-order valence-corrected chi connectivity index (χ4v) is 5.51. The maximum absolute atomic E-state index is 11.8. The summed E-state index contributed by atoms with van der Waals surface area (Å²) in [4.78, 5) is 18.8. The second kappa shape index (κ2) is 9.36. The molecule has 8 nitrogen and oxygen atoms in total. The highest BCUT2D eigenvalue weighted by molar-refractivity contribution is 6.06. The molecule has 3 heterocycles. The van der Waals surface area contributed by atoms with E-state index in [1.165, 1.54) is 18.4 Å². The van der Waals surface area contributed by atoms with Crippen LogP contribution in [-0.4, -0.2) is 49.1 Å². The quantitative estimate of drug-likeness (QED) is 0.229. The Kier molecular flexibility index (Phi) is 5.99. The molecule has 0 bridgehead atoms. The number of carbonyl (C=O) groups is 1. The van der Waals surface area contributed by atoms with Crippen LogP contribution in [-0.2, 0) is 0 Å². The Morgan fingerprint density at radius 2 is 2.00 bits per heavy atom. The molecular formula is C30H31N3O5. The molecule has 1 saturated carbocycles. The Hall–Kier alpha value is -4.04. The van der Waals surface area contributed by atoms with Gasteiger partial charge in [-0.25, -0.2) is 0 Å². The minimum absolute atomic E-state index is 0.385. The zero-order valence-electron chi connectivity index (χ0n) is 21.7. The van der Waals surface area contributed by atoms with E-state index in [4.69, 9.17) is 24.4 Å². The molecule has 0 atom stereocenters. The lowest BCUT2D eigenvalue weighted by atomic mass is 10.0. The van der Waals surface area contributed by atoms with Crippen LogP contribution in [0.15, 0.2) is 59.2 Å². The number of benzene rings is 2. The fourth-order valence-electron chi connectivity index (χ4n) is 5.51. The molecule has 2 aromatic heterocycles. The first kappa shape index (κ1) is 24.3. The van der Waals surface area contributed by atoms with Crippen molar-refractivity contribution in [1.82, 2.24) is 9.88 Å². The van der Waals surface area contributed by atoms with Crippen LogP contribution >= 0.6 is 0 Å². The van der Waals surface area contributed by atoms with Crippen molar-refractivity contribution < 1.29 is 23.4 Å². The van der Waals surface area contributed by atoms with E-state index in [0.29, 0.717) is 57.3 Å². The molecule has 2 aromatic carbocycles. The monoisotopic (exact) mass is 513 g/mol. The minimum atomic E-state index is -0.520. The molecule has 38 heavy (non-hydrogen) atoms. The van der Waals surface area contributed by atoms with Gasteiger partial charge >= 0.3 is 0 Å². The van der Waals surface area contributed by atoms with Gasteiger partial charge in [0.1, 0.15) is 22.8 Å². The summed E-state index contributed by atoms with van der Waals surface area (Å²) in [6, 6.07) is 10.9. The number of likely N-dealkylation sites (tertiary alicyclic amines) is 1. The van der Waals surface area contributed by atoms with Gasteiger partial charge in [0.25, 0.3) is 5.91 Å². The van der Waals surface area contributed by atoms with E-state index in [9.17, 15) is 4.79 Å². The summed E-state index contributed by atoms with van der Waals surface area (Å²) in [6.07, 6.45) is 5.20. The number of aryl methyl sites for hydroxylation is 1. The summed E-state index contributed by atoms with van der Waals surface area (Å²) in [5.41, 5.74) is 8.97. The van der Waals surface area contributed by atoms with Crippen molar-refractivity contribution in [3.05, 3.63) is 66.1 Å². The van der Waals surface area contributed by atoms with E-state index < -0.39 is 5.91 Å². The van der Waals surface area contributed by atoms with Gasteiger partial charge in [-0.05, 0) is 50.5 Å². The van der Waals surface area contributed by atoms with Crippen LogP contribution < -0.4 is 19.9 Å². The topological polar surface area (TPSA) is 100 Å². The van der Waals surface area contributed by atoms with Crippen molar-refractivity contribution in [3.8, 4) is 23.0 Å². The molecule has 8 heteroatoms. The number of methoxy groups -OCH3 is 1. The number of primary amides is 1.